The molecule has 4 nitrogen and oxygen atoms in total. The van der Waals surface area contributed by atoms with Crippen LogP contribution in [-0.4, -0.2) is 38.1 Å². The van der Waals surface area contributed by atoms with Crippen molar-refractivity contribution in [1.29, 1.82) is 0 Å². The molecule has 0 aliphatic heterocycles. The van der Waals surface area contributed by atoms with E-state index in [0.717, 1.165) is 18.4 Å². The summed E-state index contributed by atoms with van der Waals surface area (Å²) >= 11 is 0. The number of likely N-dealkylation sites (N-methyl/N-ethyl adjacent to an activating group) is 1. The second-order valence-corrected chi connectivity index (χ2v) is 7.06. The van der Waals surface area contributed by atoms with Gasteiger partial charge in [-0.05, 0) is 43.1 Å². The van der Waals surface area contributed by atoms with Crippen LogP contribution in [0.15, 0.2) is 48.5 Å². The number of methoxy groups -OCH3 is 1. The van der Waals surface area contributed by atoms with Crippen LogP contribution < -0.4 is 10.1 Å². The first-order valence-electron chi connectivity index (χ1n) is 8.86. The summed E-state index contributed by atoms with van der Waals surface area (Å²) in [7, 11) is 3.29. The van der Waals surface area contributed by atoms with Crippen molar-refractivity contribution >= 4 is 5.91 Å². The third kappa shape index (κ3) is 4.41. The van der Waals surface area contributed by atoms with E-state index in [4.69, 9.17) is 4.74 Å². The summed E-state index contributed by atoms with van der Waals surface area (Å²) in [4.78, 5) is 14.1. The molecule has 1 N–H and O–H groups in total. The number of rotatable bonds is 8. The molecule has 1 fully saturated rings. The molecule has 0 bridgehead atoms. The van der Waals surface area contributed by atoms with Gasteiger partial charge in [-0.2, -0.15) is 0 Å². The van der Waals surface area contributed by atoms with Crippen LogP contribution in [0.3, 0.4) is 0 Å². The van der Waals surface area contributed by atoms with Crippen molar-refractivity contribution in [2.75, 3.05) is 27.2 Å². The largest absolute Gasteiger partial charge is 0.494 e. The molecule has 0 heterocycles. The van der Waals surface area contributed by atoms with E-state index in [1.165, 1.54) is 18.7 Å². The Morgan fingerprint density at radius 2 is 1.96 bits per heavy atom. The minimum absolute atomic E-state index is 0.0105. The van der Waals surface area contributed by atoms with Crippen molar-refractivity contribution in [2.45, 2.75) is 24.8 Å². The molecule has 138 valence electrons. The molecule has 0 unspecified atom stereocenters. The molecule has 1 amide bonds. The zero-order valence-electron chi connectivity index (χ0n) is 15.3. The minimum Gasteiger partial charge on any atom is -0.494 e. The van der Waals surface area contributed by atoms with Crippen LogP contribution in [0, 0.1) is 5.82 Å². The average Bonchev–Trinajstić information content (AvgIpc) is 3.42. The number of benzene rings is 2. The van der Waals surface area contributed by atoms with Gasteiger partial charge in [0, 0.05) is 18.5 Å². The first-order valence-corrected chi connectivity index (χ1v) is 8.86. The Balaban J connectivity index is 1.48. The summed E-state index contributed by atoms with van der Waals surface area (Å²) in [5.41, 5.74) is 2.21. The summed E-state index contributed by atoms with van der Waals surface area (Å²) in [5.74, 6) is -0.171. The average molecular weight is 356 g/mol. The zero-order valence-corrected chi connectivity index (χ0v) is 15.3. The van der Waals surface area contributed by atoms with Crippen LogP contribution >= 0.6 is 0 Å². The van der Waals surface area contributed by atoms with Gasteiger partial charge in [-0.3, -0.25) is 9.69 Å². The van der Waals surface area contributed by atoms with Crippen molar-refractivity contribution in [1.82, 2.24) is 10.2 Å². The highest BCUT2D eigenvalue weighted by Crippen LogP contribution is 2.47. The van der Waals surface area contributed by atoms with Crippen molar-refractivity contribution in [3.8, 4) is 5.75 Å². The van der Waals surface area contributed by atoms with Crippen molar-refractivity contribution in [2.24, 2.45) is 0 Å². The highest BCUT2D eigenvalue weighted by atomic mass is 19.1. The summed E-state index contributed by atoms with van der Waals surface area (Å²) in [6, 6.07) is 15.2. The highest BCUT2D eigenvalue weighted by Gasteiger charge is 2.44. The Kier molecular flexibility index (Phi) is 5.57. The van der Waals surface area contributed by atoms with E-state index in [1.807, 2.05) is 36.2 Å². The zero-order chi connectivity index (χ0) is 18.6. The number of hydrogen-bond donors (Lipinski definition) is 1. The monoisotopic (exact) mass is 356 g/mol. The first kappa shape index (κ1) is 18.4. The van der Waals surface area contributed by atoms with Crippen LogP contribution in [0.4, 0.5) is 4.39 Å². The fraction of sp³-hybridized carbons (Fsp3) is 0.381. The van der Waals surface area contributed by atoms with Gasteiger partial charge >= 0.3 is 0 Å². The lowest BCUT2D eigenvalue weighted by molar-refractivity contribution is -0.122. The smallest absolute Gasteiger partial charge is 0.234 e. The third-order valence-corrected chi connectivity index (χ3v) is 4.95. The van der Waals surface area contributed by atoms with E-state index in [1.54, 1.807) is 6.07 Å². The number of carbonyl (C=O) groups excluding carboxylic acids is 1. The van der Waals surface area contributed by atoms with Crippen LogP contribution in [0.5, 0.6) is 5.75 Å². The topological polar surface area (TPSA) is 41.6 Å². The van der Waals surface area contributed by atoms with E-state index in [0.29, 0.717) is 13.1 Å². The second kappa shape index (κ2) is 7.87. The molecule has 2 aromatic rings. The molecule has 0 spiro atoms. The summed E-state index contributed by atoms with van der Waals surface area (Å²) < 4.78 is 18.7. The van der Waals surface area contributed by atoms with E-state index < -0.39 is 0 Å². The number of ether oxygens (including phenoxy) is 1. The van der Waals surface area contributed by atoms with Gasteiger partial charge in [-0.1, -0.05) is 36.4 Å². The quantitative estimate of drug-likeness (QED) is 0.790. The Hall–Kier alpha value is -2.40. The molecule has 2 aromatic carbocycles. The third-order valence-electron chi connectivity index (χ3n) is 4.95. The van der Waals surface area contributed by atoms with Crippen LogP contribution in [0.1, 0.15) is 24.0 Å². The van der Waals surface area contributed by atoms with E-state index in [-0.39, 0.29) is 29.4 Å². The van der Waals surface area contributed by atoms with E-state index >= 15 is 0 Å². The van der Waals surface area contributed by atoms with Gasteiger partial charge in [0.05, 0.1) is 13.7 Å². The van der Waals surface area contributed by atoms with Crippen molar-refractivity contribution < 1.29 is 13.9 Å². The Morgan fingerprint density at radius 1 is 1.23 bits per heavy atom. The molecule has 0 aromatic heterocycles. The number of carbonyl (C=O) groups is 1. The fourth-order valence-corrected chi connectivity index (χ4v) is 3.25. The maximum atomic E-state index is 13.8. The Bertz CT molecular complexity index is 760. The number of amides is 1. The predicted molar refractivity (Wildman–Crippen MR) is 99.6 cm³/mol. The molecule has 3 rings (SSSR count). The lowest BCUT2D eigenvalue weighted by Gasteiger charge is -2.20. The molecule has 0 saturated heterocycles. The van der Waals surface area contributed by atoms with Crippen LogP contribution in [0.25, 0.3) is 0 Å². The molecule has 0 radical (unpaired) electrons. The lowest BCUT2D eigenvalue weighted by Crippen LogP contribution is -2.38. The second-order valence-electron chi connectivity index (χ2n) is 7.06. The summed E-state index contributed by atoms with van der Waals surface area (Å²) in [6.07, 6.45) is 2.22. The maximum Gasteiger partial charge on any atom is 0.234 e. The molecule has 26 heavy (non-hydrogen) atoms. The van der Waals surface area contributed by atoms with Crippen molar-refractivity contribution in [3.05, 3.63) is 65.5 Å². The van der Waals surface area contributed by atoms with Gasteiger partial charge in [0.1, 0.15) is 0 Å². The van der Waals surface area contributed by atoms with Gasteiger partial charge in [0.2, 0.25) is 5.91 Å². The van der Waals surface area contributed by atoms with E-state index in [2.05, 4.69) is 17.4 Å². The van der Waals surface area contributed by atoms with Gasteiger partial charge in [-0.15, -0.1) is 0 Å². The minimum atomic E-state index is -0.388. The molecule has 1 saturated carbocycles. The molecule has 1 aliphatic carbocycles. The number of nitrogens with zero attached hydrogens (tertiary/aromatic N) is 1. The summed E-state index contributed by atoms with van der Waals surface area (Å²) in [6.45, 7) is 1.44. The SMILES string of the molecule is COc1ccc(CN(C)CC(=O)NCC2(c3ccccc3)CC2)cc1F. The predicted octanol–water partition coefficient (Wildman–Crippen LogP) is 3.11. The first-order chi connectivity index (χ1) is 12.5. The fourth-order valence-electron chi connectivity index (χ4n) is 3.25. The molecular weight excluding hydrogens is 331 g/mol. The van der Waals surface area contributed by atoms with Crippen LogP contribution in [-0.2, 0) is 16.8 Å². The van der Waals surface area contributed by atoms with Gasteiger partial charge in [0.15, 0.2) is 11.6 Å². The van der Waals surface area contributed by atoms with Gasteiger partial charge in [-0.25, -0.2) is 4.39 Å². The van der Waals surface area contributed by atoms with Gasteiger partial charge < -0.3 is 10.1 Å². The van der Waals surface area contributed by atoms with Crippen molar-refractivity contribution in [3.63, 3.8) is 0 Å². The summed E-state index contributed by atoms with van der Waals surface area (Å²) in [5, 5.41) is 3.06. The number of hydrogen-bond acceptors (Lipinski definition) is 3. The number of halogens is 1. The molecule has 5 heteroatoms. The van der Waals surface area contributed by atoms with E-state index in [9.17, 15) is 9.18 Å². The molecule has 1 aliphatic rings. The van der Waals surface area contributed by atoms with Crippen LogP contribution in [0.2, 0.25) is 0 Å². The van der Waals surface area contributed by atoms with Gasteiger partial charge in [0.25, 0.3) is 0 Å². The number of nitrogens with one attached hydrogen (secondary N) is 1. The lowest BCUT2D eigenvalue weighted by atomic mass is 9.96. The Labute approximate surface area is 154 Å². The standard InChI is InChI=1S/C21H25FN2O2/c1-24(13-16-8-9-19(26-2)18(22)12-16)14-20(25)23-15-21(10-11-21)17-6-4-3-5-7-17/h3-9,12H,10-11,13-15H2,1-2H3,(H,23,25). The maximum absolute atomic E-state index is 13.8. The molecule has 0 atom stereocenters. The highest BCUT2D eigenvalue weighted by molar-refractivity contribution is 5.78. The molecular formula is C21H25FN2O2. The normalized spacial score (nSPS) is 14.9. The Morgan fingerprint density at radius 3 is 2.58 bits per heavy atom.